The van der Waals surface area contributed by atoms with Gasteiger partial charge in [0.25, 0.3) is 0 Å². The van der Waals surface area contributed by atoms with E-state index in [4.69, 9.17) is 9.47 Å². The number of phenols is 2. The van der Waals surface area contributed by atoms with E-state index in [-0.39, 0.29) is 0 Å². The Bertz CT molecular complexity index is 1370. The molecule has 39 heavy (non-hydrogen) atoms. The molecule has 1 aliphatic rings. The highest BCUT2D eigenvalue weighted by molar-refractivity contribution is 9.10. The van der Waals surface area contributed by atoms with Gasteiger partial charge >= 0.3 is 0 Å². The highest BCUT2D eigenvalue weighted by atomic mass is 79.9. The Morgan fingerprint density at radius 2 is 0.897 bits per heavy atom. The number of benzene rings is 4. The summed E-state index contributed by atoms with van der Waals surface area (Å²) in [6, 6.07) is 22.3. The van der Waals surface area contributed by atoms with Crippen molar-refractivity contribution >= 4 is 15.9 Å². The summed E-state index contributed by atoms with van der Waals surface area (Å²) in [7, 11) is 0. The van der Waals surface area contributed by atoms with Crippen LogP contribution in [0.3, 0.4) is 0 Å². The van der Waals surface area contributed by atoms with Gasteiger partial charge in [-0.25, -0.2) is 0 Å². The first-order valence-electron chi connectivity index (χ1n) is 13.8. The van der Waals surface area contributed by atoms with E-state index in [9.17, 15) is 10.2 Å². The maximum Gasteiger partial charge on any atom is 0.126 e. The lowest BCUT2D eigenvalue weighted by Crippen LogP contribution is -2.07. The third-order valence-corrected chi connectivity index (χ3v) is 7.67. The van der Waals surface area contributed by atoms with Gasteiger partial charge in [0.05, 0.1) is 13.2 Å². The summed E-state index contributed by atoms with van der Waals surface area (Å²) in [5.74, 6) is 2.28. The zero-order valence-electron chi connectivity index (χ0n) is 22.6. The van der Waals surface area contributed by atoms with Crippen LogP contribution < -0.4 is 9.47 Å². The van der Waals surface area contributed by atoms with Gasteiger partial charge in [-0.2, -0.15) is 0 Å². The van der Waals surface area contributed by atoms with E-state index in [0.29, 0.717) is 50.4 Å². The highest BCUT2D eigenvalue weighted by Gasteiger charge is 2.20. The first-order chi connectivity index (χ1) is 19.0. The first kappa shape index (κ1) is 27.1. The molecular formula is C34H35BrO4. The molecule has 0 fully saturated rings. The summed E-state index contributed by atoms with van der Waals surface area (Å²) >= 11 is 3.69. The van der Waals surface area contributed by atoms with Crippen molar-refractivity contribution in [3.63, 3.8) is 0 Å². The third kappa shape index (κ3) is 5.94. The molecule has 4 aromatic rings. The van der Waals surface area contributed by atoms with E-state index in [1.54, 1.807) is 0 Å². The topological polar surface area (TPSA) is 58.9 Å². The molecule has 1 aliphatic carbocycles. The van der Waals surface area contributed by atoms with Crippen LogP contribution in [0.4, 0.5) is 0 Å². The van der Waals surface area contributed by atoms with Gasteiger partial charge in [-0.3, -0.25) is 0 Å². The van der Waals surface area contributed by atoms with Gasteiger partial charge in [0, 0.05) is 30.2 Å². The highest BCUT2D eigenvalue weighted by Crippen LogP contribution is 2.39. The van der Waals surface area contributed by atoms with E-state index in [1.807, 2.05) is 42.5 Å². The molecule has 0 unspecified atom stereocenters. The molecule has 0 spiro atoms. The van der Waals surface area contributed by atoms with Crippen LogP contribution >= 0.6 is 15.9 Å². The van der Waals surface area contributed by atoms with Gasteiger partial charge in [-0.05, 0) is 69.5 Å². The molecule has 0 heterocycles. The summed E-state index contributed by atoms with van der Waals surface area (Å²) in [6.07, 6.45) is 3.91. The number of ether oxygens (including phenoxy) is 2. The molecule has 0 aromatic heterocycles. The number of phenolic OH excluding ortho intramolecular Hbond substituents is 2. The largest absolute Gasteiger partial charge is 0.507 e. The fraction of sp³-hybridized carbons (Fsp3) is 0.294. The van der Waals surface area contributed by atoms with Crippen LogP contribution in [0.15, 0.2) is 71.2 Å². The minimum absolute atomic E-state index is 0.298. The van der Waals surface area contributed by atoms with Gasteiger partial charge in [-0.15, -0.1) is 0 Å². The number of para-hydroxylation sites is 3. The van der Waals surface area contributed by atoms with Crippen molar-refractivity contribution in [2.45, 2.75) is 52.4 Å². The SMILES string of the molecule is CCCOc1c2cccc1Cc1cc(Br)cc(c1O)Cc1cccc(c1OCCC)Cc1cccc(c1O)C2. The lowest BCUT2D eigenvalue weighted by molar-refractivity contribution is 0.311. The molecule has 0 aliphatic heterocycles. The van der Waals surface area contributed by atoms with Crippen molar-refractivity contribution in [2.75, 3.05) is 13.2 Å². The summed E-state index contributed by atoms with van der Waals surface area (Å²) in [5.41, 5.74) is 7.45. The average Bonchev–Trinajstić information content (AvgIpc) is 2.92. The number of hydrogen-bond acceptors (Lipinski definition) is 4. The summed E-state index contributed by atoms with van der Waals surface area (Å²) in [6.45, 7) is 5.38. The predicted molar refractivity (Wildman–Crippen MR) is 160 cm³/mol. The van der Waals surface area contributed by atoms with E-state index in [1.165, 1.54) is 0 Å². The summed E-state index contributed by atoms with van der Waals surface area (Å²) in [4.78, 5) is 0. The number of aromatic hydroxyl groups is 2. The van der Waals surface area contributed by atoms with Crippen LogP contribution in [-0.2, 0) is 25.7 Å². The second-order valence-corrected chi connectivity index (χ2v) is 11.1. The molecule has 5 heteroatoms. The van der Waals surface area contributed by atoms with Gasteiger partial charge in [0.2, 0.25) is 0 Å². The molecule has 0 radical (unpaired) electrons. The molecular weight excluding hydrogens is 552 g/mol. The smallest absolute Gasteiger partial charge is 0.126 e. The summed E-state index contributed by atoms with van der Waals surface area (Å²) in [5, 5.41) is 22.9. The van der Waals surface area contributed by atoms with Gasteiger partial charge < -0.3 is 19.7 Å². The van der Waals surface area contributed by atoms with Crippen molar-refractivity contribution in [3.8, 4) is 23.0 Å². The molecule has 202 valence electrons. The molecule has 0 atom stereocenters. The fourth-order valence-electron chi connectivity index (χ4n) is 5.35. The monoisotopic (exact) mass is 586 g/mol. The normalized spacial score (nSPS) is 12.7. The molecule has 4 nitrogen and oxygen atoms in total. The zero-order valence-corrected chi connectivity index (χ0v) is 24.2. The standard InChI is InChI=1S/C34H35BrO4/c1-3-14-38-33-24-10-6-12-26(33)18-28-20-30(35)21-29(32(28)37)19-27-13-7-11-25(34(27)39-15-4-2)17-23-9-5-8-22(16-24)31(23)36/h5-13,20-21,36-37H,3-4,14-19H2,1-2H3. The Balaban J connectivity index is 1.72. The number of rotatable bonds is 6. The van der Waals surface area contributed by atoms with Crippen molar-refractivity contribution < 1.29 is 19.7 Å². The van der Waals surface area contributed by atoms with E-state index in [2.05, 4.69) is 54.0 Å². The number of hydrogen-bond donors (Lipinski definition) is 2. The minimum Gasteiger partial charge on any atom is -0.507 e. The Labute approximate surface area is 239 Å². The third-order valence-electron chi connectivity index (χ3n) is 7.22. The Kier molecular flexibility index (Phi) is 8.47. The van der Waals surface area contributed by atoms with Crippen molar-refractivity contribution in [1.82, 2.24) is 0 Å². The second kappa shape index (κ2) is 12.2. The van der Waals surface area contributed by atoms with Gasteiger partial charge in [-0.1, -0.05) is 84.4 Å². The van der Waals surface area contributed by atoms with Crippen molar-refractivity contribution in [2.24, 2.45) is 0 Å². The van der Waals surface area contributed by atoms with Crippen LogP contribution in [0.1, 0.15) is 71.2 Å². The lowest BCUT2D eigenvalue weighted by atomic mass is 9.91. The van der Waals surface area contributed by atoms with Gasteiger partial charge in [0.15, 0.2) is 0 Å². The van der Waals surface area contributed by atoms with Gasteiger partial charge in [0.1, 0.15) is 23.0 Å². The second-order valence-electron chi connectivity index (χ2n) is 10.2. The van der Waals surface area contributed by atoms with Crippen molar-refractivity contribution in [3.05, 3.63) is 116 Å². The number of halogens is 1. The minimum atomic E-state index is 0.298. The van der Waals surface area contributed by atoms with Crippen LogP contribution in [0.2, 0.25) is 0 Å². The zero-order chi connectivity index (χ0) is 27.4. The Hall–Kier alpha value is -3.44. The molecule has 8 bridgehead atoms. The van der Waals surface area contributed by atoms with E-state index in [0.717, 1.165) is 73.3 Å². The Morgan fingerprint density at radius 3 is 1.28 bits per heavy atom. The Morgan fingerprint density at radius 1 is 0.564 bits per heavy atom. The van der Waals surface area contributed by atoms with E-state index >= 15 is 0 Å². The lowest BCUT2D eigenvalue weighted by Gasteiger charge is -2.20. The van der Waals surface area contributed by atoms with Crippen LogP contribution in [0.5, 0.6) is 23.0 Å². The summed E-state index contributed by atoms with van der Waals surface area (Å²) < 4.78 is 13.5. The average molecular weight is 588 g/mol. The maximum atomic E-state index is 11.5. The molecule has 0 saturated carbocycles. The van der Waals surface area contributed by atoms with E-state index < -0.39 is 0 Å². The quantitative estimate of drug-likeness (QED) is 0.211. The predicted octanol–water partition coefficient (Wildman–Crippen LogP) is 8.11. The maximum absolute atomic E-state index is 11.5. The number of fused-ring (bicyclic) bond motifs is 8. The van der Waals surface area contributed by atoms with Crippen LogP contribution in [0.25, 0.3) is 0 Å². The molecule has 0 saturated heterocycles. The first-order valence-corrected chi connectivity index (χ1v) is 14.5. The molecule has 5 rings (SSSR count). The fourth-order valence-corrected chi connectivity index (χ4v) is 5.90. The molecule has 0 amide bonds. The van der Waals surface area contributed by atoms with Crippen LogP contribution in [0, 0.1) is 0 Å². The molecule has 4 aromatic carbocycles. The van der Waals surface area contributed by atoms with Crippen LogP contribution in [-0.4, -0.2) is 23.4 Å². The van der Waals surface area contributed by atoms with Crippen molar-refractivity contribution in [1.29, 1.82) is 0 Å². The molecule has 2 N–H and O–H groups in total.